The van der Waals surface area contributed by atoms with Gasteiger partial charge in [0.05, 0.1) is 16.1 Å². The highest BCUT2D eigenvalue weighted by Gasteiger charge is 2.28. The van der Waals surface area contributed by atoms with Crippen molar-refractivity contribution in [2.24, 2.45) is 0 Å². The van der Waals surface area contributed by atoms with Gasteiger partial charge in [-0.1, -0.05) is 38.5 Å². The molecule has 0 heterocycles. The van der Waals surface area contributed by atoms with Gasteiger partial charge in [-0.3, -0.25) is 0 Å². The first kappa shape index (κ1) is 20.7. The van der Waals surface area contributed by atoms with Crippen molar-refractivity contribution in [1.82, 2.24) is 0 Å². The normalized spacial score (nSPS) is 16.6. The van der Waals surface area contributed by atoms with E-state index < -0.39 is 15.6 Å². The highest BCUT2D eigenvalue weighted by Crippen LogP contribution is 2.28. The SMILES string of the molecule is ClCCCCCCCCCC(Cl)C(Cl)C(Cl)C(Cl)Cl. The highest BCUT2D eigenvalue weighted by atomic mass is 35.5. The van der Waals surface area contributed by atoms with E-state index in [1.54, 1.807) is 0 Å². The molecule has 0 nitrogen and oxygen atoms in total. The van der Waals surface area contributed by atoms with Gasteiger partial charge in [0.15, 0.2) is 0 Å². The van der Waals surface area contributed by atoms with E-state index >= 15 is 0 Å². The van der Waals surface area contributed by atoms with Gasteiger partial charge in [-0.25, -0.2) is 0 Å². The molecule has 0 radical (unpaired) electrons. The summed E-state index contributed by atoms with van der Waals surface area (Å²) in [6.45, 7) is 0. The van der Waals surface area contributed by atoms with E-state index in [2.05, 4.69) is 0 Å². The Kier molecular flexibility index (Phi) is 14.6. The molecule has 3 atom stereocenters. The molecule has 0 N–H and O–H groups in total. The predicted molar refractivity (Wildman–Crippen MR) is 92.1 cm³/mol. The average molecular weight is 391 g/mol. The lowest BCUT2D eigenvalue weighted by molar-refractivity contribution is 0.560. The van der Waals surface area contributed by atoms with E-state index in [4.69, 9.17) is 69.6 Å². The van der Waals surface area contributed by atoms with Crippen LogP contribution in [-0.2, 0) is 0 Å². The fourth-order valence-electron chi connectivity index (χ4n) is 1.82. The minimum absolute atomic E-state index is 0.180. The Morgan fingerprint density at radius 1 is 0.579 bits per heavy atom. The van der Waals surface area contributed by atoms with Crippen LogP contribution >= 0.6 is 69.6 Å². The zero-order valence-corrected chi connectivity index (χ0v) is 15.5. The van der Waals surface area contributed by atoms with Crippen LogP contribution in [0.25, 0.3) is 0 Å². The minimum Gasteiger partial charge on any atom is -0.127 e. The maximum absolute atomic E-state index is 6.20. The lowest BCUT2D eigenvalue weighted by Gasteiger charge is -2.21. The summed E-state index contributed by atoms with van der Waals surface area (Å²) in [5, 5.41) is -1.09. The molecule has 0 rings (SSSR count). The first-order chi connectivity index (χ1) is 9.00. The van der Waals surface area contributed by atoms with Gasteiger partial charge in [0.1, 0.15) is 4.84 Å². The van der Waals surface area contributed by atoms with Crippen molar-refractivity contribution >= 4 is 69.6 Å². The third-order valence-electron chi connectivity index (χ3n) is 3.00. The second-order valence-corrected chi connectivity index (χ2v) is 7.80. The number of rotatable bonds is 12. The topological polar surface area (TPSA) is 0 Å². The van der Waals surface area contributed by atoms with Gasteiger partial charge >= 0.3 is 0 Å². The third kappa shape index (κ3) is 11.0. The number of halogens is 6. The quantitative estimate of drug-likeness (QED) is 0.249. The molecule has 19 heavy (non-hydrogen) atoms. The molecule has 0 fully saturated rings. The molecule has 0 saturated heterocycles. The molecule has 116 valence electrons. The highest BCUT2D eigenvalue weighted by molar-refractivity contribution is 6.50. The smallest absolute Gasteiger partial charge is 0.125 e. The summed E-state index contributed by atoms with van der Waals surface area (Å²) in [4.78, 5) is -0.688. The van der Waals surface area contributed by atoms with E-state index in [1.165, 1.54) is 32.1 Å². The van der Waals surface area contributed by atoms with Crippen LogP contribution in [0, 0.1) is 0 Å². The van der Waals surface area contributed by atoms with Gasteiger partial charge in [0.2, 0.25) is 0 Å². The fraction of sp³-hybridized carbons (Fsp3) is 1.00. The molecule has 0 aromatic carbocycles. The summed E-state index contributed by atoms with van der Waals surface area (Å²) >= 11 is 35.3. The summed E-state index contributed by atoms with van der Waals surface area (Å²) in [7, 11) is 0. The van der Waals surface area contributed by atoms with Crippen LogP contribution in [0.4, 0.5) is 0 Å². The van der Waals surface area contributed by atoms with Crippen LogP contribution in [0.5, 0.6) is 0 Å². The fourth-order valence-corrected chi connectivity index (χ4v) is 3.30. The first-order valence-electron chi connectivity index (χ1n) is 6.77. The summed E-state index contributed by atoms with van der Waals surface area (Å²) in [5.74, 6) is 0.771. The zero-order valence-electron chi connectivity index (χ0n) is 10.9. The lowest BCUT2D eigenvalue weighted by atomic mass is 10.1. The second-order valence-electron chi connectivity index (χ2n) is 4.69. The summed E-state index contributed by atoms with van der Waals surface area (Å²) < 4.78 is 0. The zero-order chi connectivity index (χ0) is 14.7. The number of unbranched alkanes of at least 4 members (excludes halogenated alkanes) is 6. The molecule has 0 aromatic heterocycles. The van der Waals surface area contributed by atoms with Crippen molar-refractivity contribution in [3.63, 3.8) is 0 Å². The van der Waals surface area contributed by atoms with Gasteiger partial charge < -0.3 is 0 Å². The predicted octanol–water partition coefficient (Wildman–Crippen LogP) is 6.97. The van der Waals surface area contributed by atoms with Gasteiger partial charge in [0.25, 0.3) is 0 Å². The molecule has 3 unspecified atom stereocenters. The van der Waals surface area contributed by atoms with Crippen molar-refractivity contribution in [2.45, 2.75) is 72.3 Å². The summed E-state index contributed by atoms with van der Waals surface area (Å²) in [6, 6.07) is 0. The van der Waals surface area contributed by atoms with E-state index in [1.807, 2.05) is 0 Å². The van der Waals surface area contributed by atoms with Crippen LogP contribution in [0.2, 0.25) is 0 Å². The van der Waals surface area contributed by atoms with Gasteiger partial charge in [-0.05, 0) is 12.8 Å². The Morgan fingerprint density at radius 3 is 1.53 bits per heavy atom. The van der Waals surface area contributed by atoms with Crippen molar-refractivity contribution in [2.75, 3.05) is 5.88 Å². The standard InChI is InChI=1S/C13H22Cl6/c14-9-7-5-3-1-2-4-6-8-10(15)11(16)12(17)13(18)19/h10-13H,1-9H2. The second kappa shape index (κ2) is 13.4. The Hall–Kier alpha value is 1.74. The average Bonchev–Trinajstić information content (AvgIpc) is 2.39. The number of hydrogen-bond donors (Lipinski definition) is 0. The Labute approximate surface area is 147 Å². The molecule has 0 bridgehead atoms. The van der Waals surface area contributed by atoms with E-state index in [0.717, 1.165) is 25.1 Å². The van der Waals surface area contributed by atoms with Crippen LogP contribution in [-0.4, -0.2) is 26.8 Å². The number of alkyl halides is 6. The molecule has 0 amide bonds. The lowest BCUT2D eigenvalue weighted by Crippen LogP contribution is -2.30. The van der Waals surface area contributed by atoms with Crippen molar-refractivity contribution < 1.29 is 0 Å². The van der Waals surface area contributed by atoms with Crippen LogP contribution in [0.1, 0.15) is 51.4 Å². The van der Waals surface area contributed by atoms with E-state index in [9.17, 15) is 0 Å². The Bertz CT molecular complexity index is 200. The summed E-state index contributed by atoms with van der Waals surface area (Å²) in [5.41, 5.74) is 0. The molecule has 0 aliphatic rings. The van der Waals surface area contributed by atoms with Crippen LogP contribution in [0.3, 0.4) is 0 Å². The minimum atomic E-state index is -0.688. The molecular formula is C13H22Cl6. The largest absolute Gasteiger partial charge is 0.127 e. The first-order valence-corrected chi connectivity index (χ1v) is 9.48. The molecule has 0 aromatic rings. The Balaban J connectivity index is 3.50. The van der Waals surface area contributed by atoms with E-state index in [0.29, 0.717) is 0 Å². The maximum Gasteiger partial charge on any atom is 0.125 e. The van der Waals surface area contributed by atoms with Gasteiger partial charge in [0, 0.05) is 5.88 Å². The summed E-state index contributed by atoms with van der Waals surface area (Å²) in [6.07, 6.45) is 9.19. The number of hydrogen-bond acceptors (Lipinski definition) is 0. The molecular weight excluding hydrogens is 369 g/mol. The molecule has 6 heteroatoms. The molecule has 0 aliphatic heterocycles. The molecule has 0 saturated carbocycles. The van der Waals surface area contributed by atoms with E-state index in [-0.39, 0.29) is 5.38 Å². The molecule has 0 aliphatic carbocycles. The van der Waals surface area contributed by atoms with Gasteiger partial charge in [-0.2, -0.15) is 0 Å². The third-order valence-corrected chi connectivity index (χ3v) is 5.92. The van der Waals surface area contributed by atoms with Crippen LogP contribution < -0.4 is 0 Å². The maximum atomic E-state index is 6.20. The van der Waals surface area contributed by atoms with Crippen molar-refractivity contribution in [3.05, 3.63) is 0 Å². The van der Waals surface area contributed by atoms with Gasteiger partial charge in [-0.15, -0.1) is 69.6 Å². The Morgan fingerprint density at radius 2 is 1.05 bits per heavy atom. The molecule has 0 spiro atoms. The van der Waals surface area contributed by atoms with Crippen molar-refractivity contribution in [3.8, 4) is 0 Å². The van der Waals surface area contributed by atoms with Crippen LogP contribution in [0.15, 0.2) is 0 Å². The van der Waals surface area contributed by atoms with Crippen molar-refractivity contribution in [1.29, 1.82) is 0 Å². The monoisotopic (exact) mass is 388 g/mol.